The molecule has 2 nitrogen and oxygen atoms in total. The predicted molar refractivity (Wildman–Crippen MR) is 70.1 cm³/mol. The zero-order valence-electron chi connectivity index (χ0n) is 11.2. The van der Waals surface area contributed by atoms with Gasteiger partial charge in [0.2, 0.25) is 0 Å². The third kappa shape index (κ3) is 2.97. The minimum Gasteiger partial charge on any atom is -0.362 e. The molecule has 0 unspecified atom stereocenters. The van der Waals surface area contributed by atoms with Crippen LogP contribution in [0.4, 0.5) is 5.82 Å². The number of pyridine rings is 1. The molecule has 89 valence electrons. The minimum atomic E-state index is 1.01. The topological polar surface area (TPSA) is 16.1 Å². The van der Waals surface area contributed by atoms with Crippen LogP contribution in [-0.4, -0.2) is 19.1 Å². The maximum Gasteiger partial charge on any atom is 0.131 e. The zero-order valence-corrected chi connectivity index (χ0v) is 11.2. The van der Waals surface area contributed by atoms with Gasteiger partial charge in [0.05, 0.1) is 0 Å². The summed E-state index contributed by atoms with van der Waals surface area (Å²) in [5.41, 5.74) is 3.76. The minimum absolute atomic E-state index is 1.01. The largest absolute Gasteiger partial charge is 0.362 e. The third-order valence-corrected chi connectivity index (χ3v) is 2.66. The molecule has 0 aliphatic heterocycles. The molecular formula is C14H23N2. The van der Waals surface area contributed by atoms with Crippen LogP contribution in [0.15, 0.2) is 0 Å². The fourth-order valence-corrected chi connectivity index (χ4v) is 2.03. The molecule has 0 aliphatic carbocycles. The maximum atomic E-state index is 4.60. The molecule has 0 saturated heterocycles. The van der Waals surface area contributed by atoms with Crippen molar-refractivity contribution >= 4 is 5.82 Å². The Morgan fingerprint density at radius 2 is 1.75 bits per heavy atom. The van der Waals surface area contributed by atoms with Crippen molar-refractivity contribution in [2.24, 2.45) is 0 Å². The average Bonchev–Trinajstić information content (AvgIpc) is 2.21. The first-order chi connectivity index (χ1) is 7.60. The average molecular weight is 219 g/mol. The van der Waals surface area contributed by atoms with Crippen LogP contribution in [0.5, 0.6) is 0 Å². The van der Waals surface area contributed by atoms with Crippen LogP contribution in [-0.2, 0) is 12.8 Å². The summed E-state index contributed by atoms with van der Waals surface area (Å²) in [7, 11) is 4.13. The summed E-state index contributed by atoms with van der Waals surface area (Å²) in [5.74, 6) is 1.13. The van der Waals surface area contributed by atoms with Gasteiger partial charge < -0.3 is 4.90 Å². The van der Waals surface area contributed by atoms with Crippen LogP contribution in [0.2, 0.25) is 0 Å². The molecule has 0 amide bonds. The van der Waals surface area contributed by atoms with Gasteiger partial charge in [-0.05, 0) is 30.9 Å². The van der Waals surface area contributed by atoms with E-state index in [1.54, 1.807) is 0 Å². The molecule has 0 fully saturated rings. The number of nitrogens with zero attached hydrogens (tertiary/aromatic N) is 2. The van der Waals surface area contributed by atoms with E-state index in [9.17, 15) is 0 Å². The van der Waals surface area contributed by atoms with E-state index >= 15 is 0 Å². The van der Waals surface area contributed by atoms with E-state index in [0.717, 1.165) is 30.8 Å². The van der Waals surface area contributed by atoms with Crippen molar-refractivity contribution in [3.05, 3.63) is 22.9 Å². The molecular weight excluding hydrogens is 196 g/mol. The van der Waals surface area contributed by atoms with E-state index < -0.39 is 0 Å². The van der Waals surface area contributed by atoms with Crippen molar-refractivity contribution in [3.63, 3.8) is 0 Å². The number of hydrogen-bond donors (Lipinski definition) is 0. The van der Waals surface area contributed by atoms with Gasteiger partial charge in [-0.3, -0.25) is 0 Å². The Morgan fingerprint density at radius 3 is 2.25 bits per heavy atom. The van der Waals surface area contributed by atoms with Gasteiger partial charge >= 0.3 is 0 Å². The SMILES string of the molecule is CCCc1[c]c(C)nc(N(C)C)c1CCC. The van der Waals surface area contributed by atoms with Gasteiger partial charge in [0, 0.05) is 25.9 Å². The lowest BCUT2D eigenvalue weighted by Gasteiger charge is -2.19. The molecule has 1 aromatic rings. The molecule has 1 aromatic heterocycles. The van der Waals surface area contributed by atoms with E-state index in [4.69, 9.17) is 0 Å². The molecule has 1 radical (unpaired) electrons. The van der Waals surface area contributed by atoms with Crippen LogP contribution < -0.4 is 4.90 Å². The highest BCUT2D eigenvalue weighted by molar-refractivity contribution is 5.50. The van der Waals surface area contributed by atoms with Crippen LogP contribution in [0.1, 0.15) is 43.5 Å². The summed E-state index contributed by atoms with van der Waals surface area (Å²) in [5, 5.41) is 0. The number of aryl methyl sites for hydroxylation is 2. The van der Waals surface area contributed by atoms with Gasteiger partial charge in [0.1, 0.15) is 5.82 Å². The Balaban J connectivity index is 3.23. The van der Waals surface area contributed by atoms with E-state index in [0.29, 0.717) is 0 Å². The first-order valence-corrected chi connectivity index (χ1v) is 6.19. The van der Waals surface area contributed by atoms with Crippen LogP contribution >= 0.6 is 0 Å². The molecule has 0 atom stereocenters. The number of aromatic nitrogens is 1. The van der Waals surface area contributed by atoms with Crippen molar-refractivity contribution in [2.45, 2.75) is 46.5 Å². The second-order valence-electron chi connectivity index (χ2n) is 4.50. The van der Waals surface area contributed by atoms with Crippen molar-refractivity contribution < 1.29 is 0 Å². The smallest absolute Gasteiger partial charge is 0.131 e. The van der Waals surface area contributed by atoms with Gasteiger partial charge in [-0.1, -0.05) is 26.7 Å². The Kier molecular flexibility index (Phi) is 4.78. The molecule has 0 N–H and O–H groups in total. The number of rotatable bonds is 5. The van der Waals surface area contributed by atoms with Gasteiger partial charge in [-0.25, -0.2) is 4.98 Å². The molecule has 0 bridgehead atoms. The molecule has 1 heterocycles. The summed E-state index contributed by atoms with van der Waals surface area (Å²) in [6.45, 7) is 6.46. The summed E-state index contributed by atoms with van der Waals surface area (Å²) < 4.78 is 0. The number of anilines is 1. The zero-order chi connectivity index (χ0) is 12.1. The van der Waals surface area contributed by atoms with E-state index in [2.05, 4.69) is 43.9 Å². The lowest BCUT2D eigenvalue weighted by Crippen LogP contribution is -2.15. The molecule has 1 rings (SSSR count). The summed E-state index contributed by atoms with van der Waals surface area (Å²) in [4.78, 5) is 6.72. The standard InChI is InChI=1S/C14H23N2/c1-6-8-12-10-11(3)15-14(16(4)5)13(12)9-7-2/h6-9H2,1-5H3. The lowest BCUT2D eigenvalue weighted by atomic mass is 9.99. The normalized spacial score (nSPS) is 10.6. The Labute approximate surface area is 99.7 Å². The van der Waals surface area contributed by atoms with Gasteiger partial charge in [0.25, 0.3) is 0 Å². The predicted octanol–water partition coefficient (Wildman–Crippen LogP) is 3.16. The van der Waals surface area contributed by atoms with Crippen molar-refractivity contribution in [3.8, 4) is 0 Å². The van der Waals surface area contributed by atoms with Gasteiger partial charge in [0.15, 0.2) is 0 Å². The highest BCUT2D eigenvalue weighted by Crippen LogP contribution is 2.23. The maximum absolute atomic E-state index is 4.60. The molecule has 0 saturated carbocycles. The van der Waals surface area contributed by atoms with E-state index in [-0.39, 0.29) is 0 Å². The summed E-state index contributed by atoms with van der Waals surface area (Å²) in [6, 6.07) is 3.42. The molecule has 0 aromatic carbocycles. The Hall–Kier alpha value is -1.05. The quantitative estimate of drug-likeness (QED) is 0.756. The second kappa shape index (κ2) is 5.88. The van der Waals surface area contributed by atoms with Crippen molar-refractivity contribution in [1.82, 2.24) is 4.98 Å². The van der Waals surface area contributed by atoms with Crippen molar-refractivity contribution in [2.75, 3.05) is 19.0 Å². The first kappa shape index (κ1) is 13.0. The molecule has 0 aliphatic rings. The van der Waals surface area contributed by atoms with Crippen LogP contribution in [0.25, 0.3) is 0 Å². The molecule has 0 spiro atoms. The lowest BCUT2D eigenvalue weighted by molar-refractivity contribution is 0.838. The highest BCUT2D eigenvalue weighted by atomic mass is 15.1. The second-order valence-corrected chi connectivity index (χ2v) is 4.50. The van der Waals surface area contributed by atoms with E-state index in [1.165, 1.54) is 17.5 Å². The van der Waals surface area contributed by atoms with Gasteiger partial charge in [-0.2, -0.15) is 0 Å². The van der Waals surface area contributed by atoms with E-state index in [1.807, 2.05) is 6.92 Å². The van der Waals surface area contributed by atoms with Crippen LogP contribution in [0, 0.1) is 13.0 Å². The third-order valence-electron chi connectivity index (χ3n) is 2.66. The first-order valence-electron chi connectivity index (χ1n) is 6.19. The summed E-state index contributed by atoms with van der Waals surface area (Å²) in [6.07, 6.45) is 4.55. The molecule has 2 heteroatoms. The molecule has 16 heavy (non-hydrogen) atoms. The number of hydrogen-bond acceptors (Lipinski definition) is 2. The van der Waals surface area contributed by atoms with Gasteiger partial charge in [-0.15, -0.1) is 0 Å². The fourth-order valence-electron chi connectivity index (χ4n) is 2.03. The summed E-state index contributed by atoms with van der Waals surface area (Å²) >= 11 is 0. The fraction of sp³-hybridized carbons (Fsp3) is 0.643. The Morgan fingerprint density at radius 1 is 1.12 bits per heavy atom. The highest BCUT2D eigenvalue weighted by Gasteiger charge is 2.12. The van der Waals surface area contributed by atoms with Crippen molar-refractivity contribution in [1.29, 1.82) is 0 Å². The monoisotopic (exact) mass is 219 g/mol. The Bertz CT molecular complexity index is 343. The van der Waals surface area contributed by atoms with Crippen LogP contribution in [0.3, 0.4) is 0 Å².